The second-order valence-corrected chi connectivity index (χ2v) is 5.33. The molecule has 0 spiro atoms. The normalized spacial score (nSPS) is 29.0. The van der Waals surface area contributed by atoms with E-state index in [1.807, 2.05) is 12.1 Å². The molecule has 2 atom stereocenters. The van der Waals surface area contributed by atoms with Crippen molar-refractivity contribution in [3.8, 4) is 0 Å². The van der Waals surface area contributed by atoms with Crippen molar-refractivity contribution < 1.29 is 8.81 Å². The van der Waals surface area contributed by atoms with Crippen LogP contribution in [0.4, 0.5) is 4.39 Å². The van der Waals surface area contributed by atoms with Gasteiger partial charge in [0.05, 0.1) is 0 Å². The molecular weight excluding hydrogens is 217 g/mol. The van der Waals surface area contributed by atoms with Crippen LogP contribution in [0.5, 0.6) is 0 Å². The molecule has 0 aliphatic heterocycles. The van der Waals surface area contributed by atoms with Crippen LogP contribution in [0.25, 0.3) is 11.0 Å². The lowest BCUT2D eigenvalue weighted by Crippen LogP contribution is -2.21. The minimum atomic E-state index is -0.292. The summed E-state index contributed by atoms with van der Waals surface area (Å²) < 4.78 is 19.3. The molecule has 1 aromatic heterocycles. The third kappa shape index (κ3) is 1.65. The maximum atomic E-state index is 13.6. The van der Waals surface area contributed by atoms with Crippen LogP contribution < -0.4 is 5.73 Å². The number of hydrogen-bond donors (Lipinski definition) is 1. The van der Waals surface area contributed by atoms with Gasteiger partial charge in [-0.05, 0) is 31.4 Å². The van der Waals surface area contributed by atoms with Gasteiger partial charge in [0.25, 0.3) is 0 Å². The zero-order chi connectivity index (χ0) is 12.0. The summed E-state index contributed by atoms with van der Waals surface area (Å²) in [6, 6.07) is 7.20. The van der Waals surface area contributed by atoms with E-state index in [-0.39, 0.29) is 17.3 Å². The Bertz CT molecular complexity index is 562. The fourth-order valence-electron chi connectivity index (χ4n) is 2.84. The summed E-state index contributed by atoms with van der Waals surface area (Å²) in [4.78, 5) is 0. The molecule has 1 aromatic carbocycles. The first-order chi connectivity index (χ1) is 8.08. The molecule has 1 aliphatic rings. The number of para-hydroxylation sites is 1. The average molecular weight is 233 g/mol. The Morgan fingerprint density at radius 2 is 2.29 bits per heavy atom. The number of hydrogen-bond acceptors (Lipinski definition) is 2. The Hall–Kier alpha value is -1.35. The van der Waals surface area contributed by atoms with E-state index in [4.69, 9.17) is 10.2 Å². The van der Waals surface area contributed by atoms with Crippen molar-refractivity contribution >= 4 is 11.0 Å². The predicted molar refractivity (Wildman–Crippen MR) is 65.4 cm³/mol. The van der Waals surface area contributed by atoms with Crippen LogP contribution in [0, 0.1) is 5.82 Å². The average Bonchev–Trinajstić information content (AvgIpc) is 2.85. The fraction of sp³-hybridized carbons (Fsp3) is 0.429. The summed E-state index contributed by atoms with van der Waals surface area (Å²) in [5.74, 6) is 0.574. The smallest absolute Gasteiger partial charge is 0.169 e. The van der Waals surface area contributed by atoms with Gasteiger partial charge in [0, 0.05) is 16.8 Å². The third-order valence-corrected chi connectivity index (χ3v) is 3.87. The number of halogens is 1. The lowest BCUT2D eigenvalue weighted by molar-refractivity contribution is 0.373. The van der Waals surface area contributed by atoms with Crippen molar-refractivity contribution in [3.63, 3.8) is 0 Å². The molecule has 0 radical (unpaired) electrons. The summed E-state index contributed by atoms with van der Waals surface area (Å²) in [5.41, 5.74) is 6.28. The van der Waals surface area contributed by atoms with E-state index in [2.05, 4.69) is 6.92 Å². The molecule has 2 N–H and O–H groups in total. The van der Waals surface area contributed by atoms with Gasteiger partial charge in [-0.15, -0.1) is 0 Å². The molecule has 90 valence electrons. The van der Waals surface area contributed by atoms with Crippen LogP contribution in [-0.2, 0) is 5.41 Å². The van der Waals surface area contributed by atoms with Gasteiger partial charge in [0.15, 0.2) is 11.4 Å². The van der Waals surface area contributed by atoms with Crippen molar-refractivity contribution in [3.05, 3.63) is 35.8 Å². The number of nitrogens with two attached hydrogens (primary N) is 1. The third-order valence-electron chi connectivity index (χ3n) is 3.87. The molecule has 0 amide bonds. The Kier molecular flexibility index (Phi) is 2.26. The highest BCUT2D eigenvalue weighted by atomic mass is 19.1. The molecule has 17 heavy (non-hydrogen) atoms. The van der Waals surface area contributed by atoms with E-state index >= 15 is 0 Å². The van der Waals surface area contributed by atoms with Gasteiger partial charge < -0.3 is 10.2 Å². The molecule has 1 fully saturated rings. The number of benzene rings is 1. The summed E-state index contributed by atoms with van der Waals surface area (Å²) in [5, 5.41) is 0.835. The highest BCUT2D eigenvalue weighted by molar-refractivity contribution is 5.78. The number of furan rings is 1. The summed E-state index contributed by atoms with van der Waals surface area (Å²) in [6.45, 7) is 2.15. The second kappa shape index (κ2) is 3.57. The largest absolute Gasteiger partial charge is 0.457 e. The minimum absolute atomic E-state index is 0.0368. The van der Waals surface area contributed by atoms with Crippen molar-refractivity contribution in [2.24, 2.45) is 5.73 Å². The second-order valence-electron chi connectivity index (χ2n) is 5.33. The topological polar surface area (TPSA) is 39.2 Å². The molecular formula is C14H16FNO. The van der Waals surface area contributed by atoms with Gasteiger partial charge in [0.2, 0.25) is 0 Å². The van der Waals surface area contributed by atoms with E-state index in [0.717, 1.165) is 30.4 Å². The van der Waals surface area contributed by atoms with Crippen molar-refractivity contribution in [2.75, 3.05) is 0 Å². The highest BCUT2D eigenvalue weighted by Crippen LogP contribution is 2.42. The molecule has 1 saturated carbocycles. The maximum Gasteiger partial charge on any atom is 0.169 e. The summed E-state index contributed by atoms with van der Waals surface area (Å²) in [7, 11) is 0. The lowest BCUT2D eigenvalue weighted by Gasteiger charge is -2.20. The van der Waals surface area contributed by atoms with Gasteiger partial charge in [-0.2, -0.15) is 0 Å². The van der Waals surface area contributed by atoms with E-state index in [1.54, 1.807) is 6.07 Å². The molecule has 3 rings (SSSR count). The molecule has 3 heteroatoms. The fourth-order valence-corrected chi connectivity index (χ4v) is 2.84. The molecule has 0 saturated heterocycles. The SMILES string of the molecule is CC1(c2cc3cccc(F)c3o2)CCC(N)C1. The quantitative estimate of drug-likeness (QED) is 0.820. The van der Waals surface area contributed by atoms with Crippen molar-refractivity contribution in [1.82, 2.24) is 0 Å². The monoisotopic (exact) mass is 233 g/mol. The Morgan fingerprint density at radius 3 is 2.94 bits per heavy atom. The number of fused-ring (bicyclic) bond motifs is 1. The Balaban J connectivity index is 2.10. The van der Waals surface area contributed by atoms with Crippen molar-refractivity contribution in [1.29, 1.82) is 0 Å². The first kappa shape index (κ1) is 10.8. The van der Waals surface area contributed by atoms with Crippen LogP contribution in [0.3, 0.4) is 0 Å². The molecule has 2 unspecified atom stereocenters. The maximum absolute atomic E-state index is 13.6. The summed E-state index contributed by atoms with van der Waals surface area (Å²) >= 11 is 0. The van der Waals surface area contributed by atoms with Crippen LogP contribution >= 0.6 is 0 Å². The van der Waals surface area contributed by atoms with Crippen LogP contribution in [-0.4, -0.2) is 6.04 Å². The van der Waals surface area contributed by atoms with Gasteiger partial charge in [-0.25, -0.2) is 4.39 Å². The van der Waals surface area contributed by atoms with Gasteiger partial charge >= 0.3 is 0 Å². The van der Waals surface area contributed by atoms with E-state index in [9.17, 15) is 4.39 Å². The van der Waals surface area contributed by atoms with Crippen molar-refractivity contribution in [2.45, 2.75) is 37.6 Å². The van der Waals surface area contributed by atoms with Crippen LogP contribution in [0.15, 0.2) is 28.7 Å². The van der Waals surface area contributed by atoms with E-state index in [1.165, 1.54) is 6.07 Å². The number of rotatable bonds is 1. The first-order valence-corrected chi connectivity index (χ1v) is 6.03. The molecule has 2 nitrogen and oxygen atoms in total. The highest BCUT2D eigenvalue weighted by Gasteiger charge is 2.37. The summed E-state index contributed by atoms with van der Waals surface area (Å²) in [6.07, 6.45) is 2.93. The molecule has 2 aromatic rings. The Labute approximate surface area is 99.6 Å². The van der Waals surface area contributed by atoms with Crippen LogP contribution in [0.1, 0.15) is 31.9 Å². The molecule has 1 aliphatic carbocycles. The van der Waals surface area contributed by atoms with Gasteiger partial charge in [-0.1, -0.05) is 19.1 Å². The molecule has 0 bridgehead atoms. The first-order valence-electron chi connectivity index (χ1n) is 6.03. The standard InChI is InChI=1S/C14H16FNO/c1-14(6-5-10(16)8-14)12-7-9-3-2-4-11(15)13(9)17-12/h2-4,7,10H,5-6,8,16H2,1H3. The van der Waals surface area contributed by atoms with E-state index < -0.39 is 0 Å². The van der Waals surface area contributed by atoms with E-state index in [0.29, 0.717) is 5.58 Å². The van der Waals surface area contributed by atoms with Gasteiger partial charge in [0.1, 0.15) is 5.76 Å². The minimum Gasteiger partial charge on any atom is -0.457 e. The van der Waals surface area contributed by atoms with Crippen LogP contribution in [0.2, 0.25) is 0 Å². The zero-order valence-corrected chi connectivity index (χ0v) is 9.87. The predicted octanol–water partition coefficient (Wildman–Crippen LogP) is 3.34. The molecule has 1 heterocycles. The van der Waals surface area contributed by atoms with Gasteiger partial charge in [-0.3, -0.25) is 0 Å². The zero-order valence-electron chi connectivity index (χ0n) is 9.87. The lowest BCUT2D eigenvalue weighted by atomic mass is 9.85. The Morgan fingerprint density at radius 1 is 1.47 bits per heavy atom.